The molecule has 1 amide bonds. The van der Waals surface area contributed by atoms with Gasteiger partial charge in [0, 0.05) is 27.1 Å². The summed E-state index contributed by atoms with van der Waals surface area (Å²) < 4.78 is 0. The van der Waals surface area contributed by atoms with Gasteiger partial charge in [0.1, 0.15) is 0 Å². The van der Waals surface area contributed by atoms with E-state index in [0.717, 1.165) is 32.4 Å². The maximum absolute atomic E-state index is 12.1. The van der Waals surface area contributed by atoms with E-state index in [0.29, 0.717) is 5.56 Å². The molecule has 1 N–H and O–H groups in total. The average molecular weight is 361 g/mol. The molecule has 0 fully saturated rings. The number of nitrogens with zero attached hydrogens (tertiary/aromatic N) is 2. The smallest absolute Gasteiger partial charge is 0.274 e. The molecule has 5 nitrogen and oxygen atoms in total. The second kappa shape index (κ2) is 7.11. The highest BCUT2D eigenvalue weighted by atomic mass is 32.2. The van der Waals surface area contributed by atoms with E-state index in [2.05, 4.69) is 16.5 Å². The quantitative estimate of drug-likeness (QED) is 0.560. The fraction of sp³-hybridized carbons (Fsp3) is 0.0500. The first kappa shape index (κ1) is 16.5. The highest BCUT2D eigenvalue weighted by Gasteiger charge is 2.20. The first-order chi connectivity index (χ1) is 12.8. The summed E-state index contributed by atoms with van der Waals surface area (Å²) in [5.74, 6) is -0.309. The molecule has 0 radical (unpaired) electrons. The van der Waals surface area contributed by atoms with Gasteiger partial charge >= 0.3 is 0 Å². The molecular formula is C20H15N3O2S. The van der Waals surface area contributed by atoms with E-state index in [1.54, 1.807) is 30.1 Å². The van der Waals surface area contributed by atoms with Crippen molar-refractivity contribution in [1.82, 2.24) is 10.5 Å². The largest absolute Gasteiger partial charge is 0.277 e. The van der Waals surface area contributed by atoms with E-state index in [1.165, 1.54) is 7.11 Å². The Morgan fingerprint density at radius 1 is 1.04 bits per heavy atom. The van der Waals surface area contributed by atoms with Gasteiger partial charge in [-0.2, -0.15) is 0 Å². The van der Waals surface area contributed by atoms with Gasteiger partial charge in [-0.25, -0.2) is 10.5 Å². The Hall–Kier alpha value is -2.96. The number of rotatable bonds is 3. The van der Waals surface area contributed by atoms with Crippen LogP contribution in [-0.2, 0) is 4.84 Å². The predicted molar refractivity (Wildman–Crippen MR) is 101 cm³/mol. The molecule has 0 bridgehead atoms. The number of nitrogens with one attached hydrogen (secondary N) is 1. The Bertz CT molecular complexity index is 1000. The topological polar surface area (TPSA) is 63.6 Å². The Kier molecular flexibility index (Phi) is 4.51. The molecule has 26 heavy (non-hydrogen) atoms. The Balaban J connectivity index is 1.89. The number of carbonyl (C=O) groups excluding carboxylic acids is 1. The Labute approximate surface area is 155 Å². The van der Waals surface area contributed by atoms with Crippen molar-refractivity contribution in [2.45, 2.75) is 9.79 Å². The van der Waals surface area contributed by atoms with Crippen LogP contribution in [0.3, 0.4) is 0 Å². The number of aromatic nitrogens is 1. The van der Waals surface area contributed by atoms with E-state index in [1.807, 2.05) is 42.5 Å². The van der Waals surface area contributed by atoms with Crippen molar-refractivity contribution in [3.05, 3.63) is 83.7 Å². The number of fused-ring (bicyclic) bond motifs is 2. The molecule has 6 heteroatoms. The summed E-state index contributed by atoms with van der Waals surface area (Å²) in [7, 11) is 1.41. The molecule has 2 heterocycles. The summed E-state index contributed by atoms with van der Waals surface area (Å²) in [6.45, 7) is 0. The van der Waals surface area contributed by atoms with Crippen molar-refractivity contribution in [1.29, 1.82) is 0 Å². The number of aliphatic imine (C=N–C) groups is 1. The number of pyridine rings is 1. The van der Waals surface area contributed by atoms with Crippen LogP contribution in [-0.4, -0.2) is 23.7 Å². The van der Waals surface area contributed by atoms with Crippen LogP contribution < -0.4 is 5.48 Å². The molecule has 1 aliphatic rings. The molecule has 3 aromatic rings. The van der Waals surface area contributed by atoms with Crippen LogP contribution in [0.2, 0.25) is 0 Å². The summed E-state index contributed by atoms with van der Waals surface area (Å²) in [6, 6.07) is 19.3. The van der Waals surface area contributed by atoms with Gasteiger partial charge in [-0.3, -0.25) is 14.6 Å². The molecule has 0 aliphatic carbocycles. The van der Waals surface area contributed by atoms with E-state index < -0.39 is 0 Å². The number of hydrogen-bond donors (Lipinski definition) is 1. The minimum atomic E-state index is -0.309. The third-order valence-electron chi connectivity index (χ3n) is 3.92. The van der Waals surface area contributed by atoms with E-state index in [-0.39, 0.29) is 5.91 Å². The van der Waals surface area contributed by atoms with Gasteiger partial charge in [0.25, 0.3) is 5.91 Å². The molecule has 0 atom stereocenters. The van der Waals surface area contributed by atoms with Gasteiger partial charge in [0.15, 0.2) is 0 Å². The van der Waals surface area contributed by atoms with Crippen LogP contribution in [0.15, 0.2) is 81.6 Å². The van der Waals surface area contributed by atoms with E-state index in [4.69, 9.17) is 9.83 Å². The molecule has 0 saturated carbocycles. The van der Waals surface area contributed by atoms with Crippen molar-refractivity contribution in [3.8, 4) is 0 Å². The van der Waals surface area contributed by atoms with Gasteiger partial charge in [-0.1, -0.05) is 36.0 Å². The highest BCUT2D eigenvalue weighted by Crippen LogP contribution is 2.41. The van der Waals surface area contributed by atoms with Crippen LogP contribution >= 0.6 is 11.8 Å². The standard InChI is InChI=1S/C20H15N3O2S/c1-25-23-20(24)13-9-10-18-16(12-13)22-19(15-7-4-5-11-21-15)14-6-2-3-8-17(14)26-18/h2-12H,1H3,(H,23,24). The molecule has 128 valence electrons. The second-order valence-electron chi connectivity index (χ2n) is 5.59. The highest BCUT2D eigenvalue weighted by molar-refractivity contribution is 7.99. The third kappa shape index (κ3) is 3.12. The van der Waals surface area contributed by atoms with Crippen molar-refractivity contribution in [2.75, 3.05) is 7.11 Å². The van der Waals surface area contributed by atoms with Crippen LogP contribution in [0.4, 0.5) is 5.69 Å². The van der Waals surface area contributed by atoms with Gasteiger partial charge in [0.2, 0.25) is 0 Å². The lowest BCUT2D eigenvalue weighted by Crippen LogP contribution is -2.21. The molecule has 0 saturated heterocycles. The van der Waals surface area contributed by atoms with Crippen molar-refractivity contribution < 1.29 is 9.63 Å². The second-order valence-corrected chi connectivity index (χ2v) is 6.68. The average Bonchev–Trinajstić information content (AvgIpc) is 2.85. The fourth-order valence-corrected chi connectivity index (χ4v) is 3.74. The van der Waals surface area contributed by atoms with Crippen molar-refractivity contribution in [2.24, 2.45) is 4.99 Å². The molecule has 2 aromatic carbocycles. The lowest BCUT2D eigenvalue weighted by molar-refractivity contribution is 0.0537. The van der Waals surface area contributed by atoms with Crippen molar-refractivity contribution >= 4 is 29.1 Å². The number of carbonyl (C=O) groups is 1. The maximum atomic E-state index is 12.1. The van der Waals surface area contributed by atoms with Crippen molar-refractivity contribution in [3.63, 3.8) is 0 Å². The summed E-state index contributed by atoms with van der Waals surface area (Å²) in [4.78, 5) is 28.2. The summed E-state index contributed by atoms with van der Waals surface area (Å²) in [6.07, 6.45) is 1.75. The minimum Gasteiger partial charge on any atom is -0.277 e. The summed E-state index contributed by atoms with van der Waals surface area (Å²) in [5.41, 5.74) is 6.16. The number of benzene rings is 2. The van der Waals surface area contributed by atoms with Crippen LogP contribution in [0, 0.1) is 0 Å². The molecule has 4 rings (SSSR count). The molecule has 0 spiro atoms. The molecule has 1 aromatic heterocycles. The normalized spacial score (nSPS) is 12.4. The minimum absolute atomic E-state index is 0.309. The molecular weight excluding hydrogens is 346 g/mol. The number of hydroxylamine groups is 1. The zero-order valence-electron chi connectivity index (χ0n) is 14.0. The zero-order chi connectivity index (χ0) is 17.9. The number of hydrogen-bond acceptors (Lipinski definition) is 5. The first-order valence-electron chi connectivity index (χ1n) is 8.01. The Morgan fingerprint density at radius 2 is 1.88 bits per heavy atom. The lowest BCUT2D eigenvalue weighted by atomic mass is 10.1. The summed E-state index contributed by atoms with van der Waals surface area (Å²) >= 11 is 1.63. The summed E-state index contributed by atoms with van der Waals surface area (Å²) in [5, 5.41) is 0. The van der Waals surface area contributed by atoms with Gasteiger partial charge in [-0.05, 0) is 36.4 Å². The number of amides is 1. The third-order valence-corrected chi connectivity index (χ3v) is 5.06. The van der Waals surface area contributed by atoms with Crippen LogP contribution in [0.5, 0.6) is 0 Å². The molecule has 1 aliphatic heterocycles. The zero-order valence-corrected chi connectivity index (χ0v) is 14.8. The fourth-order valence-electron chi connectivity index (χ4n) is 2.73. The molecule has 0 unspecified atom stereocenters. The predicted octanol–water partition coefficient (Wildman–Crippen LogP) is 4.01. The van der Waals surface area contributed by atoms with Crippen LogP contribution in [0.25, 0.3) is 0 Å². The van der Waals surface area contributed by atoms with E-state index in [9.17, 15) is 4.79 Å². The van der Waals surface area contributed by atoms with Gasteiger partial charge < -0.3 is 0 Å². The SMILES string of the molecule is CONC(=O)c1ccc2c(c1)N=C(c1ccccn1)c1ccccc1S2. The monoisotopic (exact) mass is 361 g/mol. The van der Waals surface area contributed by atoms with Crippen LogP contribution in [0.1, 0.15) is 21.6 Å². The first-order valence-corrected chi connectivity index (χ1v) is 8.82. The Morgan fingerprint density at radius 3 is 2.69 bits per heavy atom. The van der Waals surface area contributed by atoms with E-state index >= 15 is 0 Å². The maximum Gasteiger partial charge on any atom is 0.274 e. The van der Waals surface area contributed by atoms with Gasteiger partial charge in [0.05, 0.1) is 24.2 Å². The van der Waals surface area contributed by atoms with Gasteiger partial charge in [-0.15, -0.1) is 0 Å². The lowest BCUT2D eigenvalue weighted by Gasteiger charge is -2.07.